The van der Waals surface area contributed by atoms with Crippen LogP contribution >= 0.6 is 23.2 Å². The highest BCUT2D eigenvalue weighted by Gasteiger charge is 2.40. The summed E-state index contributed by atoms with van der Waals surface area (Å²) in [6.45, 7) is 5.81. The van der Waals surface area contributed by atoms with Gasteiger partial charge in [0.2, 0.25) is 17.7 Å². The van der Waals surface area contributed by atoms with Crippen LogP contribution in [0.2, 0.25) is 10.0 Å². The number of piperidine rings is 2. The van der Waals surface area contributed by atoms with Crippen LogP contribution in [0.5, 0.6) is 5.75 Å². The second kappa shape index (κ2) is 20.1. The number of amides is 4. The molecule has 4 aliphatic rings. The van der Waals surface area contributed by atoms with Crippen molar-refractivity contribution in [3.05, 3.63) is 87.5 Å². The molecule has 0 unspecified atom stereocenters. The number of carbonyl (C=O) groups is 4. The molecule has 1 atom stereocenters. The number of anilines is 2. The molecule has 2 aromatic heterocycles. The lowest BCUT2D eigenvalue weighted by molar-refractivity contribution is -0.138. The molecule has 334 valence electrons. The summed E-state index contributed by atoms with van der Waals surface area (Å²) in [5.74, 6) is -0.181. The smallest absolute Gasteiger partial charge is 0.255 e. The molecule has 17 heteroatoms. The summed E-state index contributed by atoms with van der Waals surface area (Å²) in [5.41, 5.74) is 10.7. The lowest BCUT2D eigenvalue weighted by Crippen LogP contribution is -2.52. The number of hydrogen-bond donors (Lipinski definition) is 3. The molecule has 8 rings (SSSR count). The van der Waals surface area contributed by atoms with Crippen LogP contribution in [0.3, 0.4) is 0 Å². The molecular formula is C46H54Cl2FN9O5. The Morgan fingerprint density at radius 1 is 0.984 bits per heavy atom. The maximum absolute atomic E-state index is 13.9. The molecule has 0 bridgehead atoms. The number of ether oxygens (including phenoxy) is 1. The average molecular weight is 903 g/mol. The fourth-order valence-corrected chi connectivity index (χ4v) is 9.65. The van der Waals surface area contributed by atoms with Crippen LogP contribution in [-0.4, -0.2) is 105 Å². The summed E-state index contributed by atoms with van der Waals surface area (Å²) >= 11 is 12.3. The molecule has 4 N–H and O–H groups in total. The first kappa shape index (κ1) is 44.4. The normalized spacial score (nSPS) is 18.4. The molecule has 6 heterocycles. The quantitative estimate of drug-likeness (QED) is 0.0543. The van der Waals surface area contributed by atoms with Gasteiger partial charge in [-0.3, -0.25) is 29.2 Å². The molecule has 4 aliphatic heterocycles. The van der Waals surface area contributed by atoms with Gasteiger partial charge in [0.1, 0.15) is 11.9 Å². The van der Waals surface area contributed by atoms with Gasteiger partial charge in [0.25, 0.3) is 5.91 Å². The van der Waals surface area contributed by atoms with E-state index in [4.69, 9.17) is 33.7 Å². The largest absolute Gasteiger partial charge is 0.489 e. The Balaban J connectivity index is 0.676. The second-order valence-corrected chi connectivity index (χ2v) is 17.9. The van der Waals surface area contributed by atoms with Crippen LogP contribution in [0, 0.1) is 11.7 Å². The Morgan fingerprint density at radius 2 is 1.78 bits per heavy atom. The van der Waals surface area contributed by atoms with Crippen molar-refractivity contribution in [1.82, 2.24) is 34.8 Å². The molecule has 3 saturated heterocycles. The van der Waals surface area contributed by atoms with E-state index in [0.29, 0.717) is 66.2 Å². The minimum atomic E-state index is -0.640. The minimum absolute atomic E-state index is 0.00808. The SMILES string of the molecule is Nc1ncc(-c2cnn(C3CCN(CCCCCCCC(=O)N4CC(CNc5cccc6c5CN([C@H]5CCC(=O)NC5=O)C6=O)C4)CC3)c2)cc1OCCc1c(Cl)ccc(F)c1Cl. The van der Waals surface area contributed by atoms with Crippen molar-refractivity contribution in [3.63, 3.8) is 0 Å². The predicted molar refractivity (Wildman–Crippen MR) is 239 cm³/mol. The first-order valence-corrected chi connectivity index (χ1v) is 22.8. The van der Waals surface area contributed by atoms with Crippen LogP contribution in [-0.2, 0) is 27.3 Å². The molecule has 0 spiro atoms. The number of carbonyl (C=O) groups excluding carboxylic acids is 4. The summed E-state index contributed by atoms with van der Waals surface area (Å²) in [6.07, 6.45) is 14.5. The van der Waals surface area contributed by atoms with Gasteiger partial charge >= 0.3 is 0 Å². The zero-order valence-electron chi connectivity index (χ0n) is 35.3. The van der Waals surface area contributed by atoms with Crippen LogP contribution in [0.4, 0.5) is 15.9 Å². The maximum Gasteiger partial charge on any atom is 0.255 e. The Kier molecular flexibility index (Phi) is 14.1. The van der Waals surface area contributed by atoms with E-state index < -0.39 is 17.8 Å². The van der Waals surface area contributed by atoms with Crippen molar-refractivity contribution >= 4 is 58.3 Å². The average Bonchev–Trinajstić information content (AvgIpc) is 3.89. The van der Waals surface area contributed by atoms with Gasteiger partial charge in [-0.1, -0.05) is 48.5 Å². The number of nitrogens with zero attached hydrogens (tertiary/aromatic N) is 6. The molecule has 4 amide bonds. The molecule has 4 aromatic rings. The fraction of sp³-hybridized carbons (Fsp3) is 0.478. The van der Waals surface area contributed by atoms with E-state index in [9.17, 15) is 23.6 Å². The van der Waals surface area contributed by atoms with Gasteiger partial charge < -0.3 is 30.5 Å². The van der Waals surface area contributed by atoms with E-state index in [1.807, 2.05) is 29.3 Å². The van der Waals surface area contributed by atoms with Crippen molar-refractivity contribution in [3.8, 4) is 16.9 Å². The number of rotatable bonds is 18. The Labute approximate surface area is 376 Å². The van der Waals surface area contributed by atoms with Crippen molar-refractivity contribution in [2.24, 2.45) is 5.92 Å². The topological polar surface area (TPSA) is 168 Å². The number of fused-ring (bicyclic) bond motifs is 1. The summed E-state index contributed by atoms with van der Waals surface area (Å²) in [4.78, 5) is 60.4. The van der Waals surface area contributed by atoms with Crippen LogP contribution in [0.15, 0.2) is 55.0 Å². The highest BCUT2D eigenvalue weighted by molar-refractivity contribution is 6.36. The molecule has 63 heavy (non-hydrogen) atoms. The molecule has 3 fully saturated rings. The van der Waals surface area contributed by atoms with E-state index in [0.717, 1.165) is 100 Å². The highest BCUT2D eigenvalue weighted by atomic mass is 35.5. The summed E-state index contributed by atoms with van der Waals surface area (Å²) in [7, 11) is 0. The Hall–Kier alpha value is -5.25. The van der Waals surface area contributed by atoms with Gasteiger partial charge in [0, 0.05) is 110 Å². The number of nitrogens with one attached hydrogen (secondary N) is 2. The number of aromatic nitrogens is 3. The second-order valence-electron chi connectivity index (χ2n) is 17.1. The summed E-state index contributed by atoms with van der Waals surface area (Å²) in [5, 5.41) is 10.9. The predicted octanol–water partition coefficient (Wildman–Crippen LogP) is 6.90. The number of nitrogen functional groups attached to an aromatic ring is 1. The van der Waals surface area contributed by atoms with Crippen LogP contribution in [0.1, 0.15) is 91.7 Å². The molecular weight excluding hydrogens is 848 g/mol. The van der Waals surface area contributed by atoms with E-state index in [1.165, 1.54) is 12.1 Å². The zero-order chi connectivity index (χ0) is 44.0. The number of unbranched alkanes of at least 4 members (excludes halogenated alkanes) is 4. The third-order valence-corrected chi connectivity index (χ3v) is 13.6. The monoisotopic (exact) mass is 901 g/mol. The molecule has 0 saturated carbocycles. The maximum atomic E-state index is 13.9. The molecule has 14 nitrogen and oxygen atoms in total. The van der Waals surface area contributed by atoms with E-state index in [-0.39, 0.29) is 41.6 Å². The van der Waals surface area contributed by atoms with Crippen molar-refractivity contribution < 1.29 is 28.3 Å². The third kappa shape index (κ3) is 10.4. The first-order chi connectivity index (χ1) is 30.5. The Morgan fingerprint density at radius 3 is 2.59 bits per heavy atom. The van der Waals surface area contributed by atoms with Gasteiger partial charge in [-0.2, -0.15) is 5.10 Å². The Bertz CT molecular complexity index is 2330. The van der Waals surface area contributed by atoms with Crippen molar-refractivity contribution in [1.29, 1.82) is 0 Å². The lowest BCUT2D eigenvalue weighted by atomic mass is 9.98. The van der Waals surface area contributed by atoms with Gasteiger partial charge in [0.15, 0.2) is 11.6 Å². The van der Waals surface area contributed by atoms with Gasteiger partial charge in [-0.05, 0) is 74.5 Å². The lowest BCUT2D eigenvalue weighted by Gasteiger charge is -2.39. The van der Waals surface area contributed by atoms with E-state index in [2.05, 4.69) is 36.5 Å². The molecule has 2 aromatic carbocycles. The molecule has 0 aliphatic carbocycles. The van der Waals surface area contributed by atoms with Gasteiger partial charge in [0.05, 0.1) is 23.9 Å². The fourth-order valence-electron chi connectivity index (χ4n) is 9.09. The summed E-state index contributed by atoms with van der Waals surface area (Å²) < 4.78 is 21.9. The number of hydrogen-bond acceptors (Lipinski definition) is 10. The van der Waals surface area contributed by atoms with E-state index in [1.54, 1.807) is 17.2 Å². The van der Waals surface area contributed by atoms with Crippen LogP contribution < -0.4 is 21.1 Å². The zero-order valence-corrected chi connectivity index (χ0v) is 36.8. The number of halogens is 3. The van der Waals surface area contributed by atoms with Crippen molar-refractivity contribution in [2.75, 3.05) is 56.9 Å². The van der Waals surface area contributed by atoms with Gasteiger partial charge in [-0.15, -0.1) is 0 Å². The third-order valence-electron chi connectivity index (χ3n) is 12.8. The number of likely N-dealkylation sites (tertiary alicyclic amines) is 2. The van der Waals surface area contributed by atoms with Gasteiger partial charge in [-0.25, -0.2) is 9.37 Å². The number of pyridine rings is 1. The first-order valence-electron chi connectivity index (χ1n) is 22.1. The minimum Gasteiger partial charge on any atom is -0.489 e. The highest BCUT2D eigenvalue weighted by Crippen LogP contribution is 2.34. The number of benzene rings is 2. The number of nitrogens with two attached hydrogens (primary N) is 1. The standard InChI is InChI=1S/C46H54Cl2FN9O5/c47-36-10-11-37(49)43(48)34(36)16-20-63-40-21-30(23-52-44(40)50)31-24-53-58(27-31)32-14-18-55(19-15-32)17-5-3-1-2-4-9-42(60)56-25-29(26-56)22-51-38-8-6-7-33-35(38)28-57(46(33)62)39-12-13-41(59)54-45(39)61/h6-8,10-11,21,23-24,27,29,32,39,51H,1-5,9,12-20,22,25-26,28H2,(H2,50,52)(H,54,59,61)/t39-/m0/s1. The summed E-state index contributed by atoms with van der Waals surface area (Å²) in [6, 6.07) is 9.82. The number of imide groups is 1. The molecule has 0 radical (unpaired) electrons. The van der Waals surface area contributed by atoms with Crippen molar-refractivity contribution in [2.45, 2.75) is 89.3 Å². The van der Waals surface area contributed by atoms with Crippen LogP contribution in [0.25, 0.3) is 11.1 Å². The van der Waals surface area contributed by atoms with E-state index >= 15 is 0 Å².